The molecule has 0 fully saturated rings. The fourth-order valence-corrected chi connectivity index (χ4v) is 2.57. The molecule has 1 aliphatic carbocycles. The summed E-state index contributed by atoms with van der Waals surface area (Å²) in [6.45, 7) is 0. The van der Waals surface area contributed by atoms with Crippen LogP contribution in [0.5, 0.6) is 0 Å². The van der Waals surface area contributed by atoms with E-state index in [2.05, 4.69) is 17.5 Å². The van der Waals surface area contributed by atoms with Gasteiger partial charge in [0.25, 0.3) is 0 Å². The zero-order chi connectivity index (χ0) is 13.2. The number of hydrogen-bond donors (Lipinski definition) is 2. The lowest BCUT2D eigenvalue weighted by Gasteiger charge is -2.19. The lowest BCUT2D eigenvalue weighted by atomic mass is 10.1. The van der Waals surface area contributed by atoms with Gasteiger partial charge in [-0.25, -0.2) is 0 Å². The standard InChI is InChI=1S/C16H14N2O/c17-10-11-5-7-13(8-6-11)18-16-14-4-2-1-3-12(14)9-15(16)19/h1-8,15-16,18-19H,9H2/t15-,16-/m0/s1. The van der Waals surface area contributed by atoms with Crippen molar-refractivity contribution in [3.8, 4) is 6.07 Å². The predicted molar refractivity (Wildman–Crippen MR) is 73.7 cm³/mol. The van der Waals surface area contributed by atoms with E-state index < -0.39 is 6.10 Å². The van der Waals surface area contributed by atoms with Gasteiger partial charge in [-0.1, -0.05) is 24.3 Å². The summed E-state index contributed by atoms with van der Waals surface area (Å²) in [7, 11) is 0. The lowest BCUT2D eigenvalue weighted by molar-refractivity contribution is 0.166. The molecule has 0 amide bonds. The third-order valence-corrected chi connectivity index (χ3v) is 3.54. The summed E-state index contributed by atoms with van der Waals surface area (Å²) in [6.07, 6.45) is 0.275. The Morgan fingerprint density at radius 3 is 2.58 bits per heavy atom. The molecule has 1 aliphatic rings. The van der Waals surface area contributed by atoms with Crippen molar-refractivity contribution in [2.24, 2.45) is 0 Å². The van der Waals surface area contributed by atoms with E-state index in [1.807, 2.05) is 30.3 Å². The van der Waals surface area contributed by atoms with Gasteiger partial charge in [0.2, 0.25) is 0 Å². The van der Waals surface area contributed by atoms with Crippen LogP contribution in [0.4, 0.5) is 5.69 Å². The van der Waals surface area contributed by atoms with Crippen LogP contribution in [0, 0.1) is 11.3 Å². The summed E-state index contributed by atoms with van der Waals surface area (Å²) in [6, 6.07) is 17.4. The number of nitrogens with zero attached hydrogens (tertiary/aromatic N) is 1. The molecule has 0 aromatic heterocycles. The Balaban J connectivity index is 1.85. The minimum atomic E-state index is -0.409. The van der Waals surface area contributed by atoms with Crippen molar-refractivity contribution in [1.29, 1.82) is 5.26 Å². The molecular weight excluding hydrogens is 236 g/mol. The third kappa shape index (κ3) is 2.18. The maximum absolute atomic E-state index is 10.2. The first-order chi connectivity index (χ1) is 9.28. The summed E-state index contributed by atoms with van der Waals surface area (Å²) < 4.78 is 0. The van der Waals surface area contributed by atoms with Gasteiger partial charge in [-0.2, -0.15) is 5.26 Å². The highest BCUT2D eigenvalue weighted by atomic mass is 16.3. The molecule has 3 rings (SSSR count). The molecule has 2 aromatic carbocycles. The highest BCUT2D eigenvalue weighted by molar-refractivity contribution is 5.51. The van der Waals surface area contributed by atoms with E-state index in [0.29, 0.717) is 12.0 Å². The van der Waals surface area contributed by atoms with Crippen molar-refractivity contribution in [3.05, 3.63) is 65.2 Å². The van der Waals surface area contributed by atoms with Gasteiger partial charge < -0.3 is 10.4 Å². The van der Waals surface area contributed by atoms with Crippen LogP contribution in [0.3, 0.4) is 0 Å². The van der Waals surface area contributed by atoms with Crippen molar-refractivity contribution in [2.45, 2.75) is 18.6 Å². The summed E-state index contributed by atoms with van der Waals surface area (Å²) in [5.74, 6) is 0. The van der Waals surface area contributed by atoms with Gasteiger partial charge in [-0.05, 0) is 35.4 Å². The molecule has 2 aromatic rings. The van der Waals surface area contributed by atoms with Crippen LogP contribution in [0.1, 0.15) is 22.7 Å². The molecule has 3 heteroatoms. The Morgan fingerprint density at radius 1 is 1.11 bits per heavy atom. The maximum atomic E-state index is 10.2. The summed E-state index contributed by atoms with van der Waals surface area (Å²) in [4.78, 5) is 0. The van der Waals surface area contributed by atoms with Gasteiger partial charge in [0.15, 0.2) is 0 Å². The fourth-order valence-electron chi connectivity index (χ4n) is 2.57. The van der Waals surface area contributed by atoms with E-state index in [1.54, 1.807) is 12.1 Å². The van der Waals surface area contributed by atoms with Gasteiger partial charge in [0.1, 0.15) is 0 Å². The minimum absolute atomic E-state index is 0.0795. The Morgan fingerprint density at radius 2 is 1.84 bits per heavy atom. The molecule has 0 unspecified atom stereocenters. The number of hydrogen-bond acceptors (Lipinski definition) is 3. The zero-order valence-corrected chi connectivity index (χ0v) is 10.4. The SMILES string of the molecule is N#Cc1ccc(N[C@H]2c3ccccc3C[C@@H]2O)cc1. The fraction of sp³-hybridized carbons (Fsp3) is 0.188. The minimum Gasteiger partial charge on any atom is -0.390 e. The maximum Gasteiger partial charge on any atom is 0.0991 e. The highest BCUT2D eigenvalue weighted by Gasteiger charge is 2.30. The normalized spacial score (nSPS) is 20.6. The second-order valence-corrected chi connectivity index (χ2v) is 4.78. The molecule has 2 N–H and O–H groups in total. The molecule has 3 nitrogen and oxygen atoms in total. The van der Waals surface area contributed by atoms with E-state index in [1.165, 1.54) is 5.56 Å². The molecule has 94 valence electrons. The molecule has 19 heavy (non-hydrogen) atoms. The van der Waals surface area contributed by atoms with Gasteiger partial charge in [-0.3, -0.25) is 0 Å². The van der Waals surface area contributed by atoms with Crippen LogP contribution in [0.25, 0.3) is 0 Å². The molecule has 2 atom stereocenters. The topological polar surface area (TPSA) is 56.0 Å². The summed E-state index contributed by atoms with van der Waals surface area (Å²) in [5, 5.41) is 22.3. The molecule has 0 bridgehead atoms. The van der Waals surface area contributed by atoms with E-state index in [9.17, 15) is 5.11 Å². The summed E-state index contributed by atoms with van der Waals surface area (Å²) in [5.41, 5.74) is 3.90. The number of rotatable bonds is 2. The largest absolute Gasteiger partial charge is 0.390 e. The van der Waals surface area contributed by atoms with Crippen molar-refractivity contribution in [2.75, 3.05) is 5.32 Å². The van der Waals surface area contributed by atoms with Crippen LogP contribution in [0.15, 0.2) is 48.5 Å². The number of aliphatic hydroxyl groups is 1. The predicted octanol–water partition coefficient (Wildman–Crippen LogP) is 2.63. The molecule has 0 aliphatic heterocycles. The highest BCUT2D eigenvalue weighted by Crippen LogP contribution is 2.33. The Hall–Kier alpha value is -2.31. The Kier molecular flexibility index (Phi) is 2.94. The first kappa shape index (κ1) is 11.8. The van der Waals surface area contributed by atoms with Crippen molar-refractivity contribution >= 4 is 5.69 Å². The van der Waals surface area contributed by atoms with E-state index in [0.717, 1.165) is 11.3 Å². The lowest BCUT2D eigenvalue weighted by Crippen LogP contribution is -2.21. The molecule has 0 heterocycles. The van der Waals surface area contributed by atoms with E-state index in [-0.39, 0.29) is 6.04 Å². The number of aliphatic hydroxyl groups excluding tert-OH is 1. The van der Waals surface area contributed by atoms with E-state index in [4.69, 9.17) is 5.26 Å². The van der Waals surface area contributed by atoms with Crippen LogP contribution in [-0.2, 0) is 6.42 Å². The van der Waals surface area contributed by atoms with Gasteiger partial charge in [-0.15, -0.1) is 0 Å². The first-order valence-corrected chi connectivity index (χ1v) is 6.30. The van der Waals surface area contributed by atoms with Crippen molar-refractivity contribution in [1.82, 2.24) is 0 Å². The molecule has 0 saturated carbocycles. The van der Waals surface area contributed by atoms with Crippen LogP contribution in [0.2, 0.25) is 0 Å². The average molecular weight is 250 g/mol. The number of benzene rings is 2. The van der Waals surface area contributed by atoms with Crippen LogP contribution >= 0.6 is 0 Å². The third-order valence-electron chi connectivity index (χ3n) is 3.54. The molecular formula is C16H14N2O. The first-order valence-electron chi connectivity index (χ1n) is 6.30. The Bertz CT molecular complexity index is 628. The second kappa shape index (κ2) is 4.75. The van der Waals surface area contributed by atoms with E-state index >= 15 is 0 Å². The van der Waals surface area contributed by atoms with Gasteiger partial charge in [0.05, 0.1) is 23.8 Å². The quantitative estimate of drug-likeness (QED) is 0.861. The number of nitrogens with one attached hydrogen (secondary N) is 1. The van der Waals surface area contributed by atoms with Gasteiger partial charge >= 0.3 is 0 Å². The molecule has 0 saturated heterocycles. The smallest absolute Gasteiger partial charge is 0.0991 e. The molecule has 0 radical (unpaired) electrons. The van der Waals surface area contributed by atoms with Crippen LogP contribution in [-0.4, -0.2) is 11.2 Å². The van der Waals surface area contributed by atoms with Crippen molar-refractivity contribution in [3.63, 3.8) is 0 Å². The second-order valence-electron chi connectivity index (χ2n) is 4.78. The Labute approximate surface area is 112 Å². The summed E-state index contributed by atoms with van der Waals surface area (Å²) >= 11 is 0. The molecule has 0 spiro atoms. The monoisotopic (exact) mass is 250 g/mol. The van der Waals surface area contributed by atoms with Crippen molar-refractivity contribution < 1.29 is 5.11 Å². The zero-order valence-electron chi connectivity index (χ0n) is 10.4. The number of fused-ring (bicyclic) bond motifs is 1. The number of anilines is 1. The average Bonchev–Trinajstić information content (AvgIpc) is 2.76. The van der Waals surface area contributed by atoms with Crippen LogP contribution < -0.4 is 5.32 Å². The number of nitriles is 1. The van der Waals surface area contributed by atoms with Gasteiger partial charge in [0, 0.05) is 12.1 Å².